The molecule has 1 rings (SSSR count). The molecule has 2 heteroatoms. The van der Waals surface area contributed by atoms with E-state index in [4.69, 9.17) is 4.74 Å². The van der Waals surface area contributed by atoms with Gasteiger partial charge in [0.05, 0.1) is 6.61 Å². The van der Waals surface area contributed by atoms with Gasteiger partial charge in [0.1, 0.15) is 0 Å². The molecule has 0 fully saturated rings. The number of aromatic hydroxyl groups is 1. The summed E-state index contributed by atoms with van der Waals surface area (Å²) in [6.07, 6.45) is 3.51. The summed E-state index contributed by atoms with van der Waals surface area (Å²) in [6.45, 7) is 6.12. The van der Waals surface area contributed by atoms with Crippen LogP contribution in [-0.4, -0.2) is 11.7 Å². The molecule has 0 radical (unpaired) electrons. The third-order valence-electron chi connectivity index (χ3n) is 2.00. The fourth-order valence-electron chi connectivity index (χ4n) is 1.30. The van der Waals surface area contributed by atoms with Gasteiger partial charge in [-0.2, -0.15) is 0 Å². The summed E-state index contributed by atoms with van der Waals surface area (Å²) in [5.41, 5.74) is 0.913. The number of rotatable bonds is 5. The highest BCUT2D eigenvalue weighted by molar-refractivity contribution is 5.45. The predicted octanol–water partition coefficient (Wildman–Crippen LogP) is 2.91. The van der Waals surface area contributed by atoms with Crippen LogP contribution in [-0.2, 0) is 6.42 Å². The van der Waals surface area contributed by atoms with E-state index in [1.54, 1.807) is 6.07 Å². The van der Waals surface area contributed by atoms with Crippen molar-refractivity contribution < 1.29 is 9.84 Å². The van der Waals surface area contributed by atoms with Gasteiger partial charge in [0.2, 0.25) is 0 Å². The molecule has 0 atom stereocenters. The minimum absolute atomic E-state index is 0.260. The maximum Gasteiger partial charge on any atom is 0.161 e. The molecule has 2 nitrogen and oxygen atoms in total. The quantitative estimate of drug-likeness (QED) is 0.727. The van der Waals surface area contributed by atoms with Crippen LogP contribution in [0.5, 0.6) is 11.5 Å². The first-order chi connectivity index (χ1) is 6.79. The smallest absolute Gasteiger partial charge is 0.161 e. The minimum Gasteiger partial charge on any atom is -0.504 e. The molecule has 1 aromatic carbocycles. The Morgan fingerprint density at radius 3 is 2.93 bits per heavy atom. The lowest BCUT2D eigenvalue weighted by molar-refractivity contribution is 0.316. The number of benzene rings is 1. The first-order valence-electron chi connectivity index (χ1n) is 4.84. The van der Waals surface area contributed by atoms with Crippen molar-refractivity contribution in [2.24, 2.45) is 0 Å². The lowest BCUT2D eigenvalue weighted by Crippen LogP contribution is -1.94. The Hall–Kier alpha value is -1.44. The van der Waals surface area contributed by atoms with E-state index in [-0.39, 0.29) is 5.75 Å². The summed E-state index contributed by atoms with van der Waals surface area (Å²) in [4.78, 5) is 0. The topological polar surface area (TPSA) is 29.5 Å². The molecule has 14 heavy (non-hydrogen) atoms. The van der Waals surface area contributed by atoms with Crippen molar-refractivity contribution in [1.82, 2.24) is 0 Å². The monoisotopic (exact) mass is 192 g/mol. The van der Waals surface area contributed by atoms with Gasteiger partial charge >= 0.3 is 0 Å². The number of para-hydroxylation sites is 1. The van der Waals surface area contributed by atoms with E-state index in [9.17, 15) is 5.11 Å². The van der Waals surface area contributed by atoms with Crippen LogP contribution in [0.3, 0.4) is 0 Å². The van der Waals surface area contributed by atoms with Gasteiger partial charge in [0.25, 0.3) is 0 Å². The van der Waals surface area contributed by atoms with E-state index in [0.29, 0.717) is 12.4 Å². The van der Waals surface area contributed by atoms with Gasteiger partial charge in [-0.05, 0) is 31.4 Å². The fraction of sp³-hybridized carbons (Fsp3) is 0.333. The molecule has 0 aliphatic rings. The van der Waals surface area contributed by atoms with E-state index >= 15 is 0 Å². The van der Waals surface area contributed by atoms with E-state index in [0.717, 1.165) is 18.4 Å². The molecule has 0 spiro atoms. The van der Waals surface area contributed by atoms with E-state index in [2.05, 4.69) is 6.58 Å². The van der Waals surface area contributed by atoms with Gasteiger partial charge in [-0.3, -0.25) is 0 Å². The zero-order valence-corrected chi connectivity index (χ0v) is 8.49. The van der Waals surface area contributed by atoms with Gasteiger partial charge in [-0.15, -0.1) is 6.58 Å². The molecule has 1 N–H and O–H groups in total. The van der Waals surface area contributed by atoms with Crippen molar-refractivity contribution in [1.29, 1.82) is 0 Å². The van der Waals surface area contributed by atoms with E-state index < -0.39 is 0 Å². The Bertz CT molecular complexity index is 305. The Kier molecular flexibility index (Phi) is 4.05. The van der Waals surface area contributed by atoms with Crippen LogP contribution in [0.15, 0.2) is 30.9 Å². The third kappa shape index (κ3) is 2.52. The summed E-state index contributed by atoms with van der Waals surface area (Å²) in [5, 5.41) is 9.79. The predicted molar refractivity (Wildman–Crippen MR) is 57.8 cm³/mol. The van der Waals surface area contributed by atoms with Crippen LogP contribution in [0.2, 0.25) is 0 Å². The van der Waals surface area contributed by atoms with Crippen LogP contribution in [0.4, 0.5) is 0 Å². The molecule has 0 heterocycles. The van der Waals surface area contributed by atoms with Crippen molar-refractivity contribution in [2.75, 3.05) is 6.61 Å². The first-order valence-corrected chi connectivity index (χ1v) is 4.84. The van der Waals surface area contributed by atoms with Gasteiger partial charge in [-0.25, -0.2) is 0 Å². The summed E-state index contributed by atoms with van der Waals surface area (Å²) >= 11 is 0. The maximum atomic E-state index is 9.79. The highest BCUT2D eigenvalue weighted by atomic mass is 16.5. The van der Waals surface area contributed by atoms with Crippen LogP contribution < -0.4 is 4.74 Å². The second-order valence-corrected chi connectivity index (χ2v) is 3.02. The number of phenols is 1. The van der Waals surface area contributed by atoms with Gasteiger partial charge in [0.15, 0.2) is 11.5 Å². The van der Waals surface area contributed by atoms with Gasteiger partial charge < -0.3 is 9.84 Å². The first kappa shape index (κ1) is 10.6. The molecule has 0 aliphatic carbocycles. The Balaban J connectivity index is 2.83. The van der Waals surface area contributed by atoms with Crippen LogP contribution in [0.25, 0.3) is 0 Å². The number of hydrogen-bond acceptors (Lipinski definition) is 2. The van der Waals surface area contributed by atoms with E-state index in [1.807, 2.05) is 25.1 Å². The Labute approximate surface area is 84.8 Å². The number of phenolic OH excluding ortho intramolecular Hbond substituents is 1. The number of hydrogen-bond donors (Lipinski definition) is 1. The van der Waals surface area contributed by atoms with Gasteiger partial charge in [0, 0.05) is 0 Å². The molecule has 0 unspecified atom stereocenters. The number of ether oxygens (including phenoxy) is 1. The lowest BCUT2D eigenvalue weighted by Gasteiger charge is -2.08. The second-order valence-electron chi connectivity index (χ2n) is 3.02. The van der Waals surface area contributed by atoms with Crippen molar-refractivity contribution >= 4 is 0 Å². The van der Waals surface area contributed by atoms with E-state index in [1.165, 1.54) is 0 Å². The summed E-state index contributed by atoms with van der Waals surface area (Å²) in [6, 6.07) is 5.57. The largest absolute Gasteiger partial charge is 0.504 e. The lowest BCUT2D eigenvalue weighted by atomic mass is 10.1. The molecule has 0 aromatic heterocycles. The van der Waals surface area contributed by atoms with Gasteiger partial charge in [-0.1, -0.05) is 18.2 Å². The molecule has 0 bridgehead atoms. The van der Waals surface area contributed by atoms with Crippen molar-refractivity contribution in [2.45, 2.75) is 19.8 Å². The SMILES string of the molecule is C=CCCc1cccc(OCC)c1O. The molecule has 76 valence electrons. The summed E-state index contributed by atoms with van der Waals surface area (Å²) in [7, 11) is 0. The van der Waals surface area contributed by atoms with Crippen LogP contribution >= 0.6 is 0 Å². The second kappa shape index (κ2) is 5.32. The standard InChI is InChI=1S/C12H16O2/c1-3-5-7-10-8-6-9-11(12(10)13)14-4-2/h3,6,8-9,13H,1,4-5,7H2,2H3. The highest BCUT2D eigenvalue weighted by Crippen LogP contribution is 2.30. The number of aryl methyl sites for hydroxylation is 1. The van der Waals surface area contributed by atoms with Crippen molar-refractivity contribution in [3.8, 4) is 11.5 Å². The Morgan fingerprint density at radius 2 is 2.29 bits per heavy atom. The molecular formula is C12H16O2. The van der Waals surface area contributed by atoms with Crippen molar-refractivity contribution in [3.63, 3.8) is 0 Å². The normalized spacial score (nSPS) is 9.79. The van der Waals surface area contributed by atoms with Crippen molar-refractivity contribution in [3.05, 3.63) is 36.4 Å². The van der Waals surface area contributed by atoms with Crippen LogP contribution in [0, 0.1) is 0 Å². The molecule has 0 saturated heterocycles. The molecular weight excluding hydrogens is 176 g/mol. The zero-order chi connectivity index (χ0) is 10.4. The average molecular weight is 192 g/mol. The highest BCUT2D eigenvalue weighted by Gasteiger charge is 2.06. The number of allylic oxidation sites excluding steroid dienone is 1. The molecule has 1 aromatic rings. The Morgan fingerprint density at radius 1 is 1.50 bits per heavy atom. The maximum absolute atomic E-state index is 9.79. The third-order valence-corrected chi connectivity index (χ3v) is 2.00. The summed E-state index contributed by atoms with van der Waals surface area (Å²) < 4.78 is 5.28. The average Bonchev–Trinajstić information content (AvgIpc) is 2.20. The minimum atomic E-state index is 0.260. The van der Waals surface area contributed by atoms with Crippen LogP contribution in [0.1, 0.15) is 18.9 Å². The molecule has 0 aliphatic heterocycles. The molecule has 0 saturated carbocycles. The molecule has 0 amide bonds. The fourth-order valence-corrected chi connectivity index (χ4v) is 1.30. The summed E-state index contributed by atoms with van der Waals surface area (Å²) in [5.74, 6) is 0.824. The zero-order valence-electron chi connectivity index (χ0n) is 8.49.